The molecule has 0 spiro atoms. The van der Waals surface area contributed by atoms with Gasteiger partial charge in [0.1, 0.15) is 0 Å². The Morgan fingerprint density at radius 2 is 0.781 bits per heavy atom. The van der Waals surface area contributed by atoms with Crippen LogP contribution in [0.3, 0.4) is 0 Å². The van der Waals surface area contributed by atoms with Crippen LogP contribution in [0.1, 0.15) is 22.3 Å². The summed E-state index contributed by atoms with van der Waals surface area (Å²) in [5.41, 5.74) is 4.10. The molecule has 0 aliphatic heterocycles. The zero-order valence-corrected chi connectivity index (χ0v) is 19.6. The van der Waals surface area contributed by atoms with E-state index in [0.29, 0.717) is 0 Å². The van der Waals surface area contributed by atoms with E-state index >= 15 is 0 Å². The fraction of sp³-hybridized carbons (Fsp3) is 0. The van der Waals surface area contributed by atoms with Crippen molar-refractivity contribution in [2.75, 3.05) is 0 Å². The first kappa shape index (κ1) is 26.8. The van der Waals surface area contributed by atoms with Gasteiger partial charge in [0, 0.05) is 0 Å². The van der Waals surface area contributed by atoms with Crippen LogP contribution in [0.4, 0.5) is 0 Å². The number of benzene rings is 1. The van der Waals surface area contributed by atoms with Crippen molar-refractivity contribution in [1.29, 1.82) is 0 Å². The fourth-order valence-electron chi connectivity index (χ4n) is 2.48. The molecule has 0 nitrogen and oxygen atoms in total. The number of hydrogen-bond donors (Lipinski definition) is 0. The summed E-state index contributed by atoms with van der Waals surface area (Å²) < 4.78 is 0. The van der Waals surface area contributed by atoms with Crippen LogP contribution in [0.2, 0.25) is 0 Å². The molecule has 0 amide bonds. The van der Waals surface area contributed by atoms with E-state index in [1.807, 2.05) is 133 Å². The van der Waals surface area contributed by atoms with Gasteiger partial charge in [0.15, 0.2) is 0 Å². The van der Waals surface area contributed by atoms with E-state index in [1.54, 1.807) is 0 Å². The third-order valence-corrected chi connectivity index (χ3v) is 4.02. The van der Waals surface area contributed by atoms with E-state index in [-0.39, 0.29) is 34.1 Å². The summed E-state index contributed by atoms with van der Waals surface area (Å²) in [6.07, 6.45) is 0. The molecule has 0 unspecified atom stereocenters. The van der Waals surface area contributed by atoms with Crippen molar-refractivity contribution in [2.24, 2.45) is 0 Å². The van der Waals surface area contributed by atoms with Gasteiger partial charge < -0.3 is 0 Å². The minimum Gasteiger partial charge on any atom is -0.214 e. The normalized spacial score (nSPS) is 8.25. The van der Waals surface area contributed by atoms with Gasteiger partial charge in [0.25, 0.3) is 0 Å². The topological polar surface area (TPSA) is 0 Å². The fourth-order valence-corrected chi connectivity index (χ4v) is 2.48. The van der Waals surface area contributed by atoms with Crippen LogP contribution in [0.25, 0.3) is 0 Å². The Kier molecular flexibility index (Phi) is 13.8. The molecule has 0 radical (unpaired) electrons. The van der Waals surface area contributed by atoms with Gasteiger partial charge in [-0.05, 0) is 11.1 Å². The van der Waals surface area contributed by atoms with Crippen molar-refractivity contribution >= 4 is 0 Å². The maximum atomic E-state index is 3.15. The molecule has 2 heteroatoms. The Hall–Kier alpha value is -3.22. The molecule has 0 heterocycles. The molecule has 0 bridgehead atoms. The van der Waals surface area contributed by atoms with Crippen LogP contribution < -0.4 is 0 Å². The van der Waals surface area contributed by atoms with Crippen LogP contribution in [0.15, 0.2) is 133 Å². The molecule has 0 fully saturated rings. The second-order valence-corrected chi connectivity index (χ2v) is 6.35. The van der Waals surface area contributed by atoms with Crippen LogP contribution in [0.5, 0.6) is 0 Å². The van der Waals surface area contributed by atoms with Crippen molar-refractivity contribution in [3.8, 4) is 23.7 Å². The molecule has 32 heavy (non-hydrogen) atoms. The van der Waals surface area contributed by atoms with Gasteiger partial charge in [-0.25, -0.2) is 24.3 Å². The minimum atomic E-state index is 0. The SMILES string of the molecule is C(#C[c-]1cccc1)c1ccc(C#C[c-]2cccc2)cc1.[Fe+2].[Fe+2].c1cc[cH-]c1.c1cc[cH-]c1. The first-order chi connectivity index (χ1) is 14.9. The molecule has 0 saturated carbocycles. The van der Waals surface area contributed by atoms with Crippen molar-refractivity contribution < 1.29 is 34.1 Å². The number of rotatable bonds is 0. The Morgan fingerprint density at radius 1 is 0.469 bits per heavy atom. The molecule has 0 N–H and O–H groups in total. The summed E-state index contributed by atoms with van der Waals surface area (Å²) in [7, 11) is 0. The quantitative estimate of drug-likeness (QED) is 0.127. The van der Waals surface area contributed by atoms with Gasteiger partial charge in [0.2, 0.25) is 0 Å². The second-order valence-electron chi connectivity index (χ2n) is 6.35. The van der Waals surface area contributed by atoms with Crippen LogP contribution >= 0.6 is 0 Å². The summed E-state index contributed by atoms with van der Waals surface area (Å²) in [6, 6.07) is 44.0. The van der Waals surface area contributed by atoms with Gasteiger partial charge >= 0.3 is 34.1 Å². The average Bonchev–Trinajstić information content (AvgIpc) is 3.63. The minimum absolute atomic E-state index is 0. The Balaban J connectivity index is 0.000000353. The monoisotopic (exact) mass is 494 g/mol. The maximum Gasteiger partial charge on any atom is 2.00 e. The van der Waals surface area contributed by atoms with Gasteiger partial charge in [-0.1, -0.05) is 35.4 Å². The second kappa shape index (κ2) is 16.5. The van der Waals surface area contributed by atoms with Crippen molar-refractivity contribution in [2.45, 2.75) is 0 Å². The standard InChI is InChI=1S/C20H12.2C5H5.2Fe/c1-2-6-17(5-1)9-11-19-13-15-20(16-14-19)12-10-18-7-3-4-8-18;2*1-2-4-5-3-1;;/h1-8,13-16H;2*1-5H;;/q-2;2*-1;2*+2. The van der Waals surface area contributed by atoms with Gasteiger partial charge in [0.05, 0.1) is 0 Å². The first-order valence-corrected chi connectivity index (χ1v) is 9.81. The molecule has 0 aliphatic rings. The maximum absolute atomic E-state index is 3.15. The molecule has 0 atom stereocenters. The summed E-state index contributed by atoms with van der Waals surface area (Å²) in [5, 5.41) is 0. The Labute approximate surface area is 212 Å². The zero-order valence-electron chi connectivity index (χ0n) is 17.4. The Morgan fingerprint density at radius 3 is 1.03 bits per heavy atom. The van der Waals surface area contributed by atoms with Crippen LogP contribution in [0, 0.1) is 23.7 Å². The summed E-state index contributed by atoms with van der Waals surface area (Å²) in [4.78, 5) is 0. The first-order valence-electron chi connectivity index (χ1n) is 9.81. The molecular formula is C30H22Fe2. The van der Waals surface area contributed by atoms with Crippen LogP contribution in [-0.4, -0.2) is 0 Å². The molecule has 0 saturated heterocycles. The molecule has 5 aromatic carbocycles. The van der Waals surface area contributed by atoms with E-state index in [2.05, 4.69) is 23.7 Å². The molecule has 5 aromatic rings. The smallest absolute Gasteiger partial charge is 0.214 e. The zero-order chi connectivity index (χ0) is 20.7. The van der Waals surface area contributed by atoms with Crippen molar-refractivity contribution in [1.82, 2.24) is 0 Å². The third kappa shape index (κ3) is 10.7. The Bertz CT molecular complexity index is 1020. The third-order valence-electron chi connectivity index (χ3n) is 4.02. The molecule has 5 rings (SSSR count). The van der Waals surface area contributed by atoms with Crippen molar-refractivity contribution in [3.05, 3.63) is 156 Å². The summed E-state index contributed by atoms with van der Waals surface area (Å²) in [6.45, 7) is 0. The van der Waals surface area contributed by atoms with E-state index < -0.39 is 0 Å². The van der Waals surface area contributed by atoms with E-state index in [4.69, 9.17) is 0 Å². The van der Waals surface area contributed by atoms with Crippen molar-refractivity contribution in [3.63, 3.8) is 0 Å². The number of hydrogen-bond acceptors (Lipinski definition) is 0. The summed E-state index contributed by atoms with van der Waals surface area (Å²) in [5.74, 6) is 12.5. The largest absolute Gasteiger partial charge is 2.00 e. The molecule has 0 aliphatic carbocycles. The predicted molar refractivity (Wildman–Crippen MR) is 127 cm³/mol. The van der Waals surface area contributed by atoms with Gasteiger partial charge in [-0.2, -0.15) is 84.3 Å². The molecule has 158 valence electrons. The molecule has 0 aromatic heterocycles. The van der Waals surface area contributed by atoms with E-state index in [0.717, 1.165) is 22.3 Å². The summed E-state index contributed by atoms with van der Waals surface area (Å²) >= 11 is 0. The van der Waals surface area contributed by atoms with Gasteiger partial charge in [-0.3, -0.25) is 0 Å². The molecular weight excluding hydrogens is 472 g/mol. The van der Waals surface area contributed by atoms with Gasteiger partial charge in [-0.15, -0.1) is 24.3 Å². The average molecular weight is 494 g/mol. The predicted octanol–water partition coefficient (Wildman–Crippen LogP) is 6.73. The van der Waals surface area contributed by atoms with E-state index in [1.165, 1.54) is 0 Å². The van der Waals surface area contributed by atoms with Crippen LogP contribution in [-0.2, 0) is 34.1 Å². The van der Waals surface area contributed by atoms with E-state index in [9.17, 15) is 0 Å².